The van der Waals surface area contributed by atoms with Gasteiger partial charge in [-0.05, 0) is 44.0 Å². The van der Waals surface area contributed by atoms with Crippen LogP contribution in [0.3, 0.4) is 0 Å². The Balaban J connectivity index is 1.60. The standard InChI is InChI=1S/C20H24N4O3/c1-2-27-19(26)20(12-6-7-13-20)14-21-17-11-10-16(23-24-17)18(25)22-15-8-4-3-5-9-15/h3-5,8-11H,2,6-7,12-14H2,1H3,(H,21,24)(H,22,25). The van der Waals surface area contributed by atoms with E-state index in [0.29, 0.717) is 24.7 Å². The van der Waals surface area contributed by atoms with Gasteiger partial charge in [-0.1, -0.05) is 31.0 Å². The molecule has 1 aliphatic rings. The van der Waals surface area contributed by atoms with Crippen LogP contribution >= 0.6 is 0 Å². The molecule has 0 saturated heterocycles. The van der Waals surface area contributed by atoms with Crippen molar-refractivity contribution < 1.29 is 14.3 Å². The van der Waals surface area contributed by atoms with Gasteiger partial charge in [0, 0.05) is 12.2 Å². The van der Waals surface area contributed by atoms with Gasteiger partial charge in [-0.3, -0.25) is 9.59 Å². The number of para-hydroxylation sites is 1. The van der Waals surface area contributed by atoms with E-state index < -0.39 is 5.41 Å². The molecule has 1 amide bonds. The molecule has 0 spiro atoms. The summed E-state index contributed by atoms with van der Waals surface area (Å²) < 4.78 is 5.26. The Labute approximate surface area is 158 Å². The van der Waals surface area contributed by atoms with E-state index in [9.17, 15) is 9.59 Å². The van der Waals surface area contributed by atoms with Crippen molar-refractivity contribution in [3.8, 4) is 0 Å². The summed E-state index contributed by atoms with van der Waals surface area (Å²) in [6.45, 7) is 2.65. The third-order valence-electron chi connectivity index (χ3n) is 4.81. The van der Waals surface area contributed by atoms with Crippen LogP contribution in [0.25, 0.3) is 0 Å². The van der Waals surface area contributed by atoms with Crippen LogP contribution in [0, 0.1) is 5.41 Å². The van der Waals surface area contributed by atoms with Crippen molar-refractivity contribution in [1.82, 2.24) is 10.2 Å². The van der Waals surface area contributed by atoms with E-state index in [0.717, 1.165) is 25.7 Å². The average Bonchev–Trinajstić information content (AvgIpc) is 3.18. The van der Waals surface area contributed by atoms with Gasteiger partial charge in [0.05, 0.1) is 12.0 Å². The number of aromatic nitrogens is 2. The normalized spacial score (nSPS) is 15.1. The summed E-state index contributed by atoms with van der Waals surface area (Å²) in [6.07, 6.45) is 3.66. The van der Waals surface area contributed by atoms with Crippen molar-refractivity contribution in [1.29, 1.82) is 0 Å². The lowest BCUT2D eigenvalue weighted by Gasteiger charge is -2.26. The summed E-state index contributed by atoms with van der Waals surface area (Å²) in [4.78, 5) is 24.6. The fourth-order valence-electron chi connectivity index (χ4n) is 3.31. The Bertz CT molecular complexity index is 772. The van der Waals surface area contributed by atoms with E-state index in [1.165, 1.54) is 0 Å². The molecule has 7 nitrogen and oxygen atoms in total. The zero-order valence-electron chi connectivity index (χ0n) is 15.4. The number of hydrogen-bond acceptors (Lipinski definition) is 6. The number of ether oxygens (including phenoxy) is 1. The largest absolute Gasteiger partial charge is 0.466 e. The summed E-state index contributed by atoms with van der Waals surface area (Å²) in [5.41, 5.74) is 0.426. The van der Waals surface area contributed by atoms with Crippen molar-refractivity contribution in [2.75, 3.05) is 23.8 Å². The monoisotopic (exact) mass is 368 g/mol. The van der Waals surface area contributed by atoms with Crippen molar-refractivity contribution in [3.05, 3.63) is 48.2 Å². The molecular formula is C20H24N4O3. The number of hydrogen-bond donors (Lipinski definition) is 2. The lowest BCUT2D eigenvalue weighted by Crippen LogP contribution is -2.37. The summed E-state index contributed by atoms with van der Waals surface area (Å²) in [5.74, 6) is 0.0580. The van der Waals surface area contributed by atoms with Crippen LogP contribution in [0.4, 0.5) is 11.5 Å². The van der Waals surface area contributed by atoms with E-state index in [1.54, 1.807) is 24.3 Å². The van der Waals surface area contributed by atoms with Crippen LogP contribution in [0.15, 0.2) is 42.5 Å². The number of amides is 1. The minimum atomic E-state index is -0.499. The third kappa shape index (κ3) is 4.61. The molecule has 0 bridgehead atoms. The molecule has 1 heterocycles. The number of nitrogens with one attached hydrogen (secondary N) is 2. The fraction of sp³-hybridized carbons (Fsp3) is 0.400. The Hall–Kier alpha value is -2.96. The second-order valence-electron chi connectivity index (χ2n) is 6.69. The molecule has 0 atom stereocenters. The maximum atomic E-state index is 12.4. The lowest BCUT2D eigenvalue weighted by molar-refractivity contribution is -0.154. The molecule has 2 aromatic rings. The Morgan fingerprint density at radius 1 is 1.07 bits per heavy atom. The molecule has 2 N–H and O–H groups in total. The quantitative estimate of drug-likeness (QED) is 0.729. The van der Waals surface area contributed by atoms with Gasteiger partial charge >= 0.3 is 5.97 Å². The highest BCUT2D eigenvalue weighted by Gasteiger charge is 2.42. The SMILES string of the molecule is CCOC(=O)C1(CNc2ccc(C(=O)Nc3ccccc3)nn2)CCCC1. The molecule has 1 aromatic carbocycles. The highest BCUT2D eigenvalue weighted by atomic mass is 16.5. The summed E-state index contributed by atoms with van der Waals surface area (Å²) >= 11 is 0. The Morgan fingerprint density at radius 2 is 1.81 bits per heavy atom. The molecule has 1 aliphatic carbocycles. The number of carbonyl (C=O) groups is 2. The van der Waals surface area contributed by atoms with Crippen molar-refractivity contribution in [2.45, 2.75) is 32.6 Å². The van der Waals surface area contributed by atoms with E-state index in [4.69, 9.17) is 4.74 Å². The predicted octanol–water partition coefficient (Wildman–Crippen LogP) is 3.26. The molecule has 1 fully saturated rings. The first-order valence-corrected chi connectivity index (χ1v) is 9.24. The minimum absolute atomic E-state index is 0.151. The number of anilines is 2. The van der Waals surface area contributed by atoms with Gasteiger partial charge in [0.2, 0.25) is 0 Å². The predicted molar refractivity (Wildman–Crippen MR) is 102 cm³/mol. The third-order valence-corrected chi connectivity index (χ3v) is 4.81. The first-order chi connectivity index (χ1) is 13.1. The van der Waals surface area contributed by atoms with E-state index in [-0.39, 0.29) is 17.6 Å². The molecule has 142 valence electrons. The van der Waals surface area contributed by atoms with Crippen LogP contribution in [-0.4, -0.2) is 35.2 Å². The molecule has 1 saturated carbocycles. The van der Waals surface area contributed by atoms with Crippen LogP contribution in [0.5, 0.6) is 0 Å². The van der Waals surface area contributed by atoms with Crippen LogP contribution < -0.4 is 10.6 Å². The maximum absolute atomic E-state index is 12.4. The number of benzene rings is 1. The summed E-state index contributed by atoms with van der Waals surface area (Å²) in [6, 6.07) is 12.5. The van der Waals surface area contributed by atoms with Crippen LogP contribution in [0.2, 0.25) is 0 Å². The minimum Gasteiger partial charge on any atom is -0.466 e. The molecule has 7 heteroatoms. The Kier molecular flexibility index (Phi) is 6.01. The number of esters is 1. The summed E-state index contributed by atoms with van der Waals surface area (Å²) in [5, 5.41) is 14.0. The average molecular weight is 368 g/mol. The first-order valence-electron chi connectivity index (χ1n) is 9.24. The first kappa shape index (κ1) is 18.8. The highest BCUT2D eigenvalue weighted by Crippen LogP contribution is 2.39. The zero-order valence-corrected chi connectivity index (χ0v) is 15.4. The summed E-state index contributed by atoms with van der Waals surface area (Å²) in [7, 11) is 0. The van der Waals surface area contributed by atoms with Crippen molar-refractivity contribution in [2.24, 2.45) is 5.41 Å². The van der Waals surface area contributed by atoms with Gasteiger partial charge < -0.3 is 15.4 Å². The van der Waals surface area contributed by atoms with Crippen LogP contribution in [-0.2, 0) is 9.53 Å². The molecular weight excluding hydrogens is 344 g/mol. The van der Waals surface area contributed by atoms with Gasteiger partial charge in [-0.25, -0.2) is 0 Å². The van der Waals surface area contributed by atoms with Gasteiger partial charge in [-0.2, -0.15) is 0 Å². The van der Waals surface area contributed by atoms with Gasteiger partial charge in [0.25, 0.3) is 5.91 Å². The maximum Gasteiger partial charge on any atom is 0.313 e. The van der Waals surface area contributed by atoms with Crippen molar-refractivity contribution >= 4 is 23.4 Å². The fourth-order valence-corrected chi connectivity index (χ4v) is 3.31. The van der Waals surface area contributed by atoms with Crippen molar-refractivity contribution in [3.63, 3.8) is 0 Å². The molecule has 27 heavy (non-hydrogen) atoms. The molecule has 3 rings (SSSR count). The second kappa shape index (κ2) is 8.62. The van der Waals surface area contributed by atoms with Gasteiger partial charge in [0.15, 0.2) is 5.69 Å². The number of rotatable bonds is 7. The number of carbonyl (C=O) groups excluding carboxylic acids is 2. The zero-order chi connectivity index (χ0) is 19.1. The smallest absolute Gasteiger partial charge is 0.313 e. The van der Waals surface area contributed by atoms with Gasteiger partial charge in [-0.15, -0.1) is 10.2 Å². The Morgan fingerprint density at radius 3 is 2.44 bits per heavy atom. The molecule has 1 aromatic heterocycles. The molecule has 0 radical (unpaired) electrons. The topological polar surface area (TPSA) is 93.2 Å². The van der Waals surface area contributed by atoms with Gasteiger partial charge in [0.1, 0.15) is 5.82 Å². The second-order valence-corrected chi connectivity index (χ2v) is 6.69. The van der Waals surface area contributed by atoms with E-state index >= 15 is 0 Å². The van der Waals surface area contributed by atoms with E-state index in [2.05, 4.69) is 20.8 Å². The van der Waals surface area contributed by atoms with E-state index in [1.807, 2.05) is 25.1 Å². The van der Waals surface area contributed by atoms with Crippen LogP contribution in [0.1, 0.15) is 43.1 Å². The highest BCUT2D eigenvalue weighted by molar-refractivity contribution is 6.02. The lowest BCUT2D eigenvalue weighted by atomic mass is 9.86. The molecule has 0 aliphatic heterocycles. The molecule has 0 unspecified atom stereocenters. The number of nitrogens with zero attached hydrogens (tertiary/aromatic N) is 2.